The average molecular weight is 291 g/mol. The third kappa shape index (κ3) is 2.91. The van der Waals surface area contributed by atoms with Crippen molar-refractivity contribution in [3.05, 3.63) is 66.7 Å². The second-order valence-corrected chi connectivity index (χ2v) is 4.93. The Morgan fingerprint density at radius 1 is 1.05 bits per heavy atom. The fourth-order valence-corrected chi connectivity index (χ4v) is 2.22. The third-order valence-corrected chi connectivity index (χ3v) is 3.37. The van der Waals surface area contributed by atoms with Crippen LogP contribution in [-0.2, 0) is 4.79 Å². The number of hydrogen-bond donors (Lipinski definition) is 1. The largest absolute Gasteiger partial charge is 0.311 e. The molecule has 22 heavy (non-hydrogen) atoms. The molecule has 1 N–H and O–H groups in total. The molecule has 3 aromatic rings. The highest BCUT2D eigenvalue weighted by Gasteiger charge is 2.12. The number of benzene rings is 2. The second-order valence-electron chi connectivity index (χ2n) is 4.93. The minimum atomic E-state index is -0.0308. The van der Waals surface area contributed by atoms with Crippen molar-refractivity contribution >= 4 is 11.7 Å². The van der Waals surface area contributed by atoms with E-state index in [1.165, 1.54) is 0 Å². The van der Waals surface area contributed by atoms with E-state index in [2.05, 4.69) is 10.4 Å². The van der Waals surface area contributed by atoms with Crippen molar-refractivity contribution in [1.82, 2.24) is 9.78 Å². The van der Waals surface area contributed by atoms with Crippen LogP contribution in [0.1, 0.15) is 13.3 Å². The lowest BCUT2D eigenvalue weighted by molar-refractivity contribution is -0.115. The third-order valence-electron chi connectivity index (χ3n) is 3.37. The maximum atomic E-state index is 11.8. The SMILES string of the molecule is CCC(=O)Nc1cc(-c2ccccc2)nn1-c1ccccc1. The number of para-hydroxylation sites is 1. The van der Waals surface area contributed by atoms with Gasteiger partial charge in [0.1, 0.15) is 5.82 Å². The monoisotopic (exact) mass is 291 g/mol. The van der Waals surface area contributed by atoms with Crippen LogP contribution < -0.4 is 5.32 Å². The molecule has 0 aliphatic carbocycles. The van der Waals surface area contributed by atoms with Crippen LogP contribution in [0.5, 0.6) is 0 Å². The van der Waals surface area contributed by atoms with Crippen LogP contribution in [0.3, 0.4) is 0 Å². The fraction of sp³-hybridized carbons (Fsp3) is 0.111. The van der Waals surface area contributed by atoms with Crippen LogP contribution in [0.25, 0.3) is 16.9 Å². The fourth-order valence-electron chi connectivity index (χ4n) is 2.22. The van der Waals surface area contributed by atoms with Crippen molar-refractivity contribution in [2.24, 2.45) is 0 Å². The number of nitrogens with one attached hydrogen (secondary N) is 1. The molecule has 1 amide bonds. The van der Waals surface area contributed by atoms with Crippen LogP contribution >= 0.6 is 0 Å². The van der Waals surface area contributed by atoms with E-state index >= 15 is 0 Å². The molecule has 1 aromatic heterocycles. The van der Waals surface area contributed by atoms with Gasteiger partial charge in [-0.2, -0.15) is 5.10 Å². The molecule has 0 aliphatic rings. The lowest BCUT2D eigenvalue weighted by atomic mass is 10.1. The first-order valence-corrected chi connectivity index (χ1v) is 7.28. The highest BCUT2D eigenvalue weighted by Crippen LogP contribution is 2.24. The zero-order chi connectivity index (χ0) is 15.4. The summed E-state index contributed by atoms with van der Waals surface area (Å²) in [7, 11) is 0. The molecule has 1 heterocycles. The minimum Gasteiger partial charge on any atom is -0.311 e. The van der Waals surface area contributed by atoms with Gasteiger partial charge in [-0.25, -0.2) is 4.68 Å². The summed E-state index contributed by atoms with van der Waals surface area (Å²) >= 11 is 0. The molecule has 0 radical (unpaired) electrons. The molecule has 110 valence electrons. The van der Waals surface area contributed by atoms with Gasteiger partial charge in [-0.05, 0) is 12.1 Å². The highest BCUT2D eigenvalue weighted by atomic mass is 16.1. The zero-order valence-electron chi connectivity index (χ0n) is 12.4. The Kier molecular flexibility index (Phi) is 4.01. The Bertz CT molecular complexity index is 764. The van der Waals surface area contributed by atoms with E-state index in [1.807, 2.05) is 73.7 Å². The van der Waals surface area contributed by atoms with E-state index in [1.54, 1.807) is 4.68 Å². The molecule has 0 atom stereocenters. The van der Waals surface area contributed by atoms with Gasteiger partial charge >= 0.3 is 0 Å². The molecular weight excluding hydrogens is 274 g/mol. The van der Waals surface area contributed by atoms with Gasteiger partial charge in [0.25, 0.3) is 0 Å². The maximum Gasteiger partial charge on any atom is 0.225 e. The maximum absolute atomic E-state index is 11.8. The van der Waals surface area contributed by atoms with Crippen LogP contribution in [0.15, 0.2) is 66.7 Å². The Morgan fingerprint density at radius 3 is 2.32 bits per heavy atom. The standard InChI is InChI=1S/C18H17N3O/c1-2-18(22)19-17-13-16(14-9-5-3-6-10-14)20-21(17)15-11-7-4-8-12-15/h3-13H,2H2,1H3,(H,19,22). The first kappa shape index (κ1) is 14.1. The number of nitrogens with zero attached hydrogens (tertiary/aromatic N) is 2. The van der Waals surface area contributed by atoms with E-state index in [0.717, 1.165) is 16.9 Å². The molecule has 2 aromatic carbocycles. The number of hydrogen-bond acceptors (Lipinski definition) is 2. The summed E-state index contributed by atoms with van der Waals surface area (Å²) in [5.41, 5.74) is 2.76. The van der Waals surface area contributed by atoms with Crippen molar-refractivity contribution in [3.63, 3.8) is 0 Å². The summed E-state index contributed by atoms with van der Waals surface area (Å²) in [4.78, 5) is 11.8. The molecule has 0 saturated heterocycles. The van der Waals surface area contributed by atoms with Gasteiger partial charge in [-0.3, -0.25) is 4.79 Å². The molecule has 0 spiro atoms. The van der Waals surface area contributed by atoms with E-state index in [0.29, 0.717) is 12.2 Å². The Hall–Kier alpha value is -2.88. The van der Waals surface area contributed by atoms with Crippen LogP contribution in [0, 0.1) is 0 Å². The van der Waals surface area contributed by atoms with Gasteiger partial charge in [0.15, 0.2) is 0 Å². The number of carbonyl (C=O) groups is 1. The second kappa shape index (κ2) is 6.26. The Morgan fingerprint density at radius 2 is 1.68 bits per heavy atom. The van der Waals surface area contributed by atoms with Crippen LogP contribution in [-0.4, -0.2) is 15.7 Å². The number of carbonyl (C=O) groups excluding carboxylic acids is 1. The van der Waals surface area contributed by atoms with Gasteiger partial charge in [-0.1, -0.05) is 55.5 Å². The molecule has 4 nitrogen and oxygen atoms in total. The van der Waals surface area contributed by atoms with E-state index < -0.39 is 0 Å². The van der Waals surface area contributed by atoms with Crippen molar-refractivity contribution in [1.29, 1.82) is 0 Å². The normalized spacial score (nSPS) is 10.4. The molecule has 0 aliphatic heterocycles. The molecule has 0 fully saturated rings. The number of anilines is 1. The molecular formula is C18H17N3O. The number of amides is 1. The lowest BCUT2D eigenvalue weighted by Crippen LogP contribution is -2.13. The summed E-state index contributed by atoms with van der Waals surface area (Å²) in [6.45, 7) is 1.83. The summed E-state index contributed by atoms with van der Waals surface area (Å²) in [5.74, 6) is 0.647. The van der Waals surface area contributed by atoms with Crippen molar-refractivity contribution in [2.45, 2.75) is 13.3 Å². The van der Waals surface area contributed by atoms with Crippen molar-refractivity contribution < 1.29 is 4.79 Å². The molecule has 4 heteroatoms. The van der Waals surface area contributed by atoms with Crippen molar-refractivity contribution in [2.75, 3.05) is 5.32 Å². The summed E-state index contributed by atoms with van der Waals surface area (Å²) < 4.78 is 1.76. The van der Waals surface area contributed by atoms with Gasteiger partial charge < -0.3 is 5.32 Å². The molecule has 3 rings (SSSR count). The first-order valence-electron chi connectivity index (χ1n) is 7.28. The van der Waals surface area contributed by atoms with E-state index in [9.17, 15) is 4.79 Å². The molecule has 0 saturated carbocycles. The van der Waals surface area contributed by atoms with Gasteiger partial charge in [0, 0.05) is 18.1 Å². The van der Waals surface area contributed by atoms with E-state index in [-0.39, 0.29) is 5.91 Å². The quantitative estimate of drug-likeness (QED) is 0.792. The number of aromatic nitrogens is 2. The highest BCUT2D eigenvalue weighted by molar-refractivity contribution is 5.90. The summed E-state index contributed by atoms with van der Waals surface area (Å²) in [5, 5.41) is 7.55. The molecule has 0 bridgehead atoms. The molecule has 0 unspecified atom stereocenters. The summed E-state index contributed by atoms with van der Waals surface area (Å²) in [6, 6.07) is 21.6. The minimum absolute atomic E-state index is 0.0308. The van der Waals surface area contributed by atoms with Gasteiger partial charge in [0.2, 0.25) is 5.91 Å². The zero-order valence-corrected chi connectivity index (χ0v) is 12.4. The smallest absolute Gasteiger partial charge is 0.225 e. The summed E-state index contributed by atoms with van der Waals surface area (Å²) in [6.07, 6.45) is 0.431. The predicted molar refractivity (Wildman–Crippen MR) is 87.9 cm³/mol. The van der Waals surface area contributed by atoms with E-state index in [4.69, 9.17) is 0 Å². The van der Waals surface area contributed by atoms with Gasteiger partial charge in [-0.15, -0.1) is 0 Å². The topological polar surface area (TPSA) is 46.9 Å². The van der Waals surface area contributed by atoms with Gasteiger partial charge in [0.05, 0.1) is 11.4 Å². The average Bonchev–Trinajstić information content (AvgIpc) is 3.00. The first-order chi connectivity index (χ1) is 10.8. The van der Waals surface area contributed by atoms with Crippen LogP contribution in [0.4, 0.5) is 5.82 Å². The number of rotatable bonds is 4. The van der Waals surface area contributed by atoms with Crippen molar-refractivity contribution in [3.8, 4) is 16.9 Å². The Labute approximate surface area is 129 Å². The van der Waals surface area contributed by atoms with Crippen LogP contribution in [0.2, 0.25) is 0 Å². The lowest BCUT2D eigenvalue weighted by Gasteiger charge is -2.07. The Balaban J connectivity index is 2.07. The predicted octanol–water partition coefficient (Wildman–Crippen LogP) is 3.89.